The number of carbonyl (C=O) groups excluding carboxylic acids is 1. The molecule has 0 unspecified atom stereocenters. The zero-order valence-electron chi connectivity index (χ0n) is 12.7. The fourth-order valence-corrected chi connectivity index (χ4v) is 1.96. The predicted molar refractivity (Wildman–Crippen MR) is 85.0 cm³/mol. The van der Waals surface area contributed by atoms with E-state index in [1.54, 1.807) is 13.0 Å². The average Bonchev–Trinajstić information content (AvgIpc) is 2.45. The van der Waals surface area contributed by atoms with Gasteiger partial charge in [0.15, 0.2) is 5.78 Å². The number of allylic oxidation sites excluding steroid dienone is 1. The van der Waals surface area contributed by atoms with Crippen molar-refractivity contribution >= 4 is 11.9 Å². The minimum atomic E-state index is 0.0633. The molecule has 2 nitrogen and oxygen atoms in total. The van der Waals surface area contributed by atoms with E-state index in [2.05, 4.69) is 6.92 Å². The minimum Gasteiger partial charge on any atom is -0.494 e. The van der Waals surface area contributed by atoms with Crippen molar-refractivity contribution in [1.29, 1.82) is 0 Å². The van der Waals surface area contributed by atoms with Gasteiger partial charge in [0.25, 0.3) is 0 Å². The summed E-state index contributed by atoms with van der Waals surface area (Å²) in [5, 5.41) is 0. The summed E-state index contributed by atoms with van der Waals surface area (Å²) in [6.07, 6.45) is 11.1. The van der Waals surface area contributed by atoms with Crippen LogP contribution in [0, 0.1) is 0 Å². The van der Waals surface area contributed by atoms with Gasteiger partial charge in [-0.05, 0) is 37.1 Å². The summed E-state index contributed by atoms with van der Waals surface area (Å²) < 4.78 is 5.70. The maximum absolute atomic E-state index is 10.8. The number of ketones is 1. The largest absolute Gasteiger partial charge is 0.494 e. The fourth-order valence-electron chi connectivity index (χ4n) is 1.96. The van der Waals surface area contributed by atoms with E-state index in [4.69, 9.17) is 4.74 Å². The molecule has 0 saturated carbocycles. The fraction of sp³-hybridized carbons (Fsp3) is 0.500. The number of rotatable bonds is 10. The molecule has 0 aliphatic rings. The van der Waals surface area contributed by atoms with Gasteiger partial charge in [-0.2, -0.15) is 0 Å². The average molecular weight is 274 g/mol. The second kappa shape index (κ2) is 10.2. The molecule has 20 heavy (non-hydrogen) atoms. The standard InChI is InChI=1S/C18H26O2/c1-3-4-5-6-7-8-15-20-18-13-11-17(12-14-18)10-9-16(2)19/h9-14H,3-8,15H2,1-2H3/b10-9+. The van der Waals surface area contributed by atoms with Crippen molar-refractivity contribution in [2.75, 3.05) is 6.61 Å². The molecular weight excluding hydrogens is 248 g/mol. The molecular formula is C18H26O2. The minimum absolute atomic E-state index is 0.0633. The highest BCUT2D eigenvalue weighted by atomic mass is 16.5. The highest BCUT2D eigenvalue weighted by Gasteiger charge is 1.95. The van der Waals surface area contributed by atoms with Gasteiger partial charge in [-0.25, -0.2) is 0 Å². The lowest BCUT2D eigenvalue weighted by Gasteiger charge is -2.06. The summed E-state index contributed by atoms with van der Waals surface area (Å²) in [5.41, 5.74) is 1.02. The lowest BCUT2D eigenvalue weighted by atomic mass is 10.1. The first-order valence-electron chi connectivity index (χ1n) is 7.64. The molecule has 0 spiro atoms. The molecule has 0 fully saturated rings. The van der Waals surface area contributed by atoms with E-state index in [9.17, 15) is 4.79 Å². The summed E-state index contributed by atoms with van der Waals surface area (Å²) >= 11 is 0. The molecule has 1 aromatic rings. The summed E-state index contributed by atoms with van der Waals surface area (Å²) in [5.74, 6) is 0.965. The van der Waals surface area contributed by atoms with Gasteiger partial charge in [0.05, 0.1) is 6.61 Å². The Bertz CT molecular complexity index is 404. The van der Waals surface area contributed by atoms with E-state index in [1.807, 2.05) is 30.3 Å². The van der Waals surface area contributed by atoms with Crippen molar-refractivity contribution in [3.63, 3.8) is 0 Å². The zero-order valence-corrected chi connectivity index (χ0v) is 12.7. The SMILES string of the molecule is CCCCCCCCOc1ccc(/C=C/C(C)=O)cc1. The lowest BCUT2D eigenvalue weighted by Crippen LogP contribution is -1.97. The van der Waals surface area contributed by atoms with Gasteiger partial charge in [0, 0.05) is 0 Å². The number of hydrogen-bond acceptors (Lipinski definition) is 2. The Morgan fingerprint density at radius 3 is 2.35 bits per heavy atom. The number of ether oxygens (including phenoxy) is 1. The van der Waals surface area contributed by atoms with Crippen LogP contribution in [-0.2, 0) is 4.79 Å². The van der Waals surface area contributed by atoms with Crippen LogP contribution in [-0.4, -0.2) is 12.4 Å². The van der Waals surface area contributed by atoms with Crippen LogP contribution in [0.1, 0.15) is 57.9 Å². The zero-order chi connectivity index (χ0) is 14.6. The van der Waals surface area contributed by atoms with Crippen LogP contribution >= 0.6 is 0 Å². The van der Waals surface area contributed by atoms with Crippen molar-refractivity contribution in [1.82, 2.24) is 0 Å². The van der Waals surface area contributed by atoms with Crippen molar-refractivity contribution in [3.05, 3.63) is 35.9 Å². The normalized spacial score (nSPS) is 10.9. The maximum atomic E-state index is 10.8. The Morgan fingerprint density at radius 1 is 1.05 bits per heavy atom. The predicted octanol–water partition coefficient (Wildman–Crippen LogP) is 5.03. The molecule has 0 aliphatic heterocycles. The summed E-state index contributed by atoms with van der Waals surface area (Å²) in [4.78, 5) is 10.8. The van der Waals surface area contributed by atoms with Crippen LogP contribution in [0.5, 0.6) is 5.75 Å². The topological polar surface area (TPSA) is 26.3 Å². The van der Waals surface area contributed by atoms with Crippen molar-refractivity contribution in [2.45, 2.75) is 52.4 Å². The third-order valence-corrected chi connectivity index (χ3v) is 3.16. The molecule has 0 radical (unpaired) electrons. The number of benzene rings is 1. The van der Waals surface area contributed by atoms with Gasteiger partial charge in [0.2, 0.25) is 0 Å². The van der Waals surface area contributed by atoms with Crippen LogP contribution in [0.15, 0.2) is 30.3 Å². The quantitative estimate of drug-likeness (QED) is 0.442. The third kappa shape index (κ3) is 7.78. The first-order chi connectivity index (χ1) is 9.72. The van der Waals surface area contributed by atoms with E-state index >= 15 is 0 Å². The molecule has 2 heteroatoms. The molecule has 0 bridgehead atoms. The van der Waals surface area contributed by atoms with Crippen molar-refractivity contribution in [3.8, 4) is 5.75 Å². The molecule has 0 aromatic heterocycles. The second-order valence-electron chi connectivity index (χ2n) is 5.13. The van der Waals surface area contributed by atoms with Gasteiger partial charge in [-0.15, -0.1) is 0 Å². The van der Waals surface area contributed by atoms with E-state index in [-0.39, 0.29) is 5.78 Å². The van der Waals surface area contributed by atoms with Crippen LogP contribution in [0.4, 0.5) is 0 Å². The van der Waals surface area contributed by atoms with Gasteiger partial charge in [-0.1, -0.05) is 57.2 Å². The van der Waals surface area contributed by atoms with Crippen LogP contribution in [0.25, 0.3) is 6.08 Å². The summed E-state index contributed by atoms with van der Waals surface area (Å²) in [6, 6.07) is 7.85. The van der Waals surface area contributed by atoms with E-state index in [0.717, 1.165) is 24.3 Å². The third-order valence-electron chi connectivity index (χ3n) is 3.16. The first-order valence-corrected chi connectivity index (χ1v) is 7.64. The van der Waals surface area contributed by atoms with E-state index < -0.39 is 0 Å². The van der Waals surface area contributed by atoms with Gasteiger partial charge < -0.3 is 4.74 Å². The highest BCUT2D eigenvalue weighted by Crippen LogP contribution is 2.14. The highest BCUT2D eigenvalue weighted by molar-refractivity contribution is 5.91. The molecule has 0 heterocycles. The Hall–Kier alpha value is -1.57. The smallest absolute Gasteiger partial charge is 0.152 e. The summed E-state index contributed by atoms with van der Waals surface area (Å²) in [7, 11) is 0. The van der Waals surface area contributed by atoms with E-state index in [1.165, 1.54) is 32.1 Å². The Kier molecular flexibility index (Phi) is 8.44. The number of unbranched alkanes of at least 4 members (excludes halogenated alkanes) is 5. The van der Waals surface area contributed by atoms with Crippen LogP contribution < -0.4 is 4.74 Å². The van der Waals surface area contributed by atoms with Gasteiger partial charge >= 0.3 is 0 Å². The second-order valence-corrected chi connectivity index (χ2v) is 5.13. The molecule has 0 N–H and O–H groups in total. The molecule has 0 atom stereocenters. The van der Waals surface area contributed by atoms with Crippen LogP contribution in [0.2, 0.25) is 0 Å². The maximum Gasteiger partial charge on any atom is 0.152 e. The van der Waals surface area contributed by atoms with Crippen molar-refractivity contribution < 1.29 is 9.53 Å². The van der Waals surface area contributed by atoms with E-state index in [0.29, 0.717) is 0 Å². The lowest BCUT2D eigenvalue weighted by molar-refractivity contribution is -0.112. The Morgan fingerprint density at radius 2 is 1.70 bits per heavy atom. The number of hydrogen-bond donors (Lipinski definition) is 0. The van der Waals surface area contributed by atoms with Crippen molar-refractivity contribution in [2.24, 2.45) is 0 Å². The molecule has 0 amide bonds. The molecule has 1 aromatic carbocycles. The molecule has 0 saturated heterocycles. The monoisotopic (exact) mass is 274 g/mol. The van der Waals surface area contributed by atoms with Gasteiger partial charge in [0.1, 0.15) is 5.75 Å². The molecule has 1 rings (SSSR count). The molecule has 0 aliphatic carbocycles. The van der Waals surface area contributed by atoms with Crippen LogP contribution in [0.3, 0.4) is 0 Å². The first kappa shape index (κ1) is 16.5. The number of carbonyl (C=O) groups is 1. The van der Waals surface area contributed by atoms with Gasteiger partial charge in [-0.3, -0.25) is 4.79 Å². The molecule has 110 valence electrons. The Labute approximate surface area is 122 Å². The summed E-state index contributed by atoms with van der Waals surface area (Å²) in [6.45, 7) is 4.57. The Balaban J connectivity index is 2.20.